The second-order valence-corrected chi connectivity index (χ2v) is 6.30. The minimum Gasteiger partial charge on any atom is -0.444 e. The van der Waals surface area contributed by atoms with Crippen LogP contribution >= 0.6 is 0 Å². The fraction of sp³-hybridized carbons (Fsp3) is 0.733. The van der Waals surface area contributed by atoms with Gasteiger partial charge in [0, 0.05) is 24.3 Å². The average Bonchev–Trinajstić information content (AvgIpc) is 2.75. The van der Waals surface area contributed by atoms with Crippen molar-refractivity contribution in [3.05, 3.63) is 17.5 Å². The third-order valence-corrected chi connectivity index (χ3v) is 3.11. The number of hydrogen-bond acceptors (Lipinski definition) is 5. The molecule has 0 aliphatic rings. The number of hydrogen-bond donors (Lipinski definition) is 3. The van der Waals surface area contributed by atoms with Gasteiger partial charge in [0.15, 0.2) is 0 Å². The predicted molar refractivity (Wildman–Crippen MR) is 82.5 cm³/mol. The number of aromatic nitrogens is 2. The summed E-state index contributed by atoms with van der Waals surface area (Å²) in [6.07, 6.45) is -0.393. The molecule has 2 atom stereocenters. The first kappa shape index (κ1) is 18.4. The van der Waals surface area contributed by atoms with Crippen LogP contribution in [-0.4, -0.2) is 44.3 Å². The molecule has 0 saturated heterocycles. The van der Waals surface area contributed by atoms with Crippen LogP contribution < -0.4 is 5.32 Å². The normalized spacial score (nSPS) is 14.5. The lowest BCUT2D eigenvalue weighted by molar-refractivity contribution is 0.0126. The molecule has 1 aromatic heterocycles. The van der Waals surface area contributed by atoms with Gasteiger partial charge in [-0.2, -0.15) is 5.10 Å². The van der Waals surface area contributed by atoms with E-state index >= 15 is 0 Å². The minimum absolute atomic E-state index is 0.103. The van der Waals surface area contributed by atoms with Crippen molar-refractivity contribution in [3.8, 4) is 0 Å². The summed E-state index contributed by atoms with van der Waals surface area (Å²) in [7, 11) is 0. The molecule has 0 aromatic carbocycles. The number of carbonyl (C=O) groups excluding carboxylic acids is 1. The summed E-state index contributed by atoms with van der Waals surface area (Å²) in [6.45, 7) is 9.79. The molecular formula is C15H27N3O4. The van der Waals surface area contributed by atoms with E-state index in [0.29, 0.717) is 5.56 Å². The number of ether oxygens (including phenoxy) is 1. The highest BCUT2D eigenvalue weighted by Crippen LogP contribution is 2.20. The molecule has 22 heavy (non-hydrogen) atoms. The lowest BCUT2D eigenvalue weighted by atomic mass is 10.1. The van der Waals surface area contributed by atoms with Crippen LogP contribution in [-0.2, 0) is 11.3 Å². The number of nitrogens with one attached hydrogen (secondary N) is 1. The number of aryl methyl sites for hydroxylation is 1. The van der Waals surface area contributed by atoms with Gasteiger partial charge < -0.3 is 20.3 Å². The number of rotatable bonds is 6. The van der Waals surface area contributed by atoms with Crippen molar-refractivity contribution in [2.75, 3.05) is 6.54 Å². The molecule has 0 fully saturated rings. The Morgan fingerprint density at radius 2 is 2.09 bits per heavy atom. The van der Waals surface area contributed by atoms with Crippen LogP contribution in [0.15, 0.2) is 6.20 Å². The quantitative estimate of drug-likeness (QED) is 0.740. The molecule has 1 amide bonds. The van der Waals surface area contributed by atoms with Gasteiger partial charge in [-0.25, -0.2) is 4.79 Å². The summed E-state index contributed by atoms with van der Waals surface area (Å²) in [4.78, 5) is 11.5. The molecule has 7 heteroatoms. The van der Waals surface area contributed by atoms with Crippen LogP contribution in [0.3, 0.4) is 0 Å². The molecular weight excluding hydrogens is 286 g/mol. The molecule has 0 bridgehead atoms. The first-order valence-electron chi connectivity index (χ1n) is 7.51. The summed E-state index contributed by atoms with van der Waals surface area (Å²) in [5.41, 5.74) is 0.767. The molecule has 126 valence electrons. The van der Waals surface area contributed by atoms with Crippen molar-refractivity contribution in [2.45, 2.75) is 65.4 Å². The Bertz CT molecular complexity index is 493. The Kier molecular flexibility index (Phi) is 6.37. The second-order valence-electron chi connectivity index (χ2n) is 6.30. The summed E-state index contributed by atoms with van der Waals surface area (Å²) >= 11 is 0. The molecule has 0 saturated carbocycles. The van der Waals surface area contributed by atoms with Crippen molar-refractivity contribution in [2.24, 2.45) is 0 Å². The number of aliphatic hydroxyl groups is 2. The highest BCUT2D eigenvalue weighted by molar-refractivity contribution is 5.67. The highest BCUT2D eigenvalue weighted by Gasteiger charge is 2.24. The van der Waals surface area contributed by atoms with Gasteiger partial charge in [-0.05, 0) is 34.1 Å². The molecule has 0 spiro atoms. The van der Waals surface area contributed by atoms with Gasteiger partial charge in [0.05, 0.1) is 6.20 Å². The zero-order valence-electron chi connectivity index (χ0n) is 14.0. The van der Waals surface area contributed by atoms with Crippen molar-refractivity contribution < 1.29 is 19.7 Å². The maximum atomic E-state index is 11.5. The van der Waals surface area contributed by atoms with Crippen LogP contribution in [0.1, 0.15) is 51.5 Å². The van der Waals surface area contributed by atoms with Gasteiger partial charge in [-0.3, -0.25) is 4.68 Å². The molecule has 1 aromatic rings. The number of amides is 1. The van der Waals surface area contributed by atoms with Crippen molar-refractivity contribution in [3.63, 3.8) is 0 Å². The SMILES string of the molecule is CCCn1ncc(C(O)C(O)CNC(=O)OC(C)(C)C)c1C. The average molecular weight is 313 g/mol. The van der Waals surface area contributed by atoms with E-state index in [4.69, 9.17) is 4.74 Å². The molecule has 1 heterocycles. The second kappa shape index (κ2) is 7.60. The Labute approximate surface area is 131 Å². The van der Waals surface area contributed by atoms with Crippen LogP contribution in [0.2, 0.25) is 0 Å². The van der Waals surface area contributed by atoms with Crippen LogP contribution in [0.4, 0.5) is 4.79 Å². The van der Waals surface area contributed by atoms with Crippen molar-refractivity contribution in [1.29, 1.82) is 0 Å². The summed E-state index contributed by atoms with van der Waals surface area (Å²) < 4.78 is 6.86. The molecule has 7 nitrogen and oxygen atoms in total. The Morgan fingerprint density at radius 1 is 1.45 bits per heavy atom. The van der Waals surface area contributed by atoms with E-state index in [1.165, 1.54) is 0 Å². The molecule has 1 rings (SSSR count). The number of aliphatic hydroxyl groups excluding tert-OH is 2. The highest BCUT2D eigenvalue weighted by atomic mass is 16.6. The van der Waals surface area contributed by atoms with Gasteiger partial charge in [-0.15, -0.1) is 0 Å². The number of alkyl carbamates (subject to hydrolysis) is 1. The van der Waals surface area contributed by atoms with E-state index in [-0.39, 0.29) is 6.54 Å². The Morgan fingerprint density at radius 3 is 2.64 bits per heavy atom. The van der Waals surface area contributed by atoms with Crippen molar-refractivity contribution in [1.82, 2.24) is 15.1 Å². The third-order valence-electron chi connectivity index (χ3n) is 3.11. The van der Waals surface area contributed by atoms with Gasteiger partial charge in [0.25, 0.3) is 0 Å². The molecule has 0 aliphatic heterocycles. The maximum Gasteiger partial charge on any atom is 0.407 e. The van der Waals surface area contributed by atoms with Gasteiger partial charge in [-0.1, -0.05) is 6.92 Å². The number of carbonyl (C=O) groups is 1. The third kappa shape index (κ3) is 5.31. The summed E-state index contributed by atoms with van der Waals surface area (Å²) in [5, 5.41) is 26.9. The number of nitrogens with zero attached hydrogens (tertiary/aromatic N) is 2. The zero-order valence-corrected chi connectivity index (χ0v) is 14.0. The first-order valence-corrected chi connectivity index (χ1v) is 7.51. The molecule has 0 radical (unpaired) electrons. The maximum absolute atomic E-state index is 11.5. The van der Waals surface area contributed by atoms with E-state index < -0.39 is 23.9 Å². The topological polar surface area (TPSA) is 96.6 Å². The Hall–Kier alpha value is -1.60. The van der Waals surface area contributed by atoms with Crippen molar-refractivity contribution >= 4 is 6.09 Å². The lowest BCUT2D eigenvalue weighted by Gasteiger charge is -2.22. The smallest absolute Gasteiger partial charge is 0.407 e. The monoisotopic (exact) mass is 313 g/mol. The predicted octanol–water partition coefficient (Wildman–Crippen LogP) is 1.52. The van der Waals surface area contributed by atoms with Crippen LogP contribution in [0.5, 0.6) is 0 Å². The molecule has 3 N–H and O–H groups in total. The zero-order chi connectivity index (χ0) is 16.9. The van der Waals surface area contributed by atoms with E-state index in [2.05, 4.69) is 10.4 Å². The minimum atomic E-state index is -1.13. The van der Waals surface area contributed by atoms with E-state index in [9.17, 15) is 15.0 Å². The summed E-state index contributed by atoms with van der Waals surface area (Å²) in [5.74, 6) is 0. The first-order chi connectivity index (χ1) is 10.2. The molecule has 2 unspecified atom stereocenters. The van der Waals surface area contributed by atoms with Gasteiger partial charge in [0.2, 0.25) is 0 Å². The molecule has 0 aliphatic carbocycles. The standard InChI is InChI=1S/C15H27N3O4/c1-6-7-18-10(2)11(8-17-18)13(20)12(19)9-16-14(21)22-15(3,4)5/h8,12-13,19-20H,6-7,9H2,1-5H3,(H,16,21). The Balaban J connectivity index is 2.58. The van der Waals surface area contributed by atoms with Gasteiger partial charge >= 0.3 is 6.09 Å². The van der Waals surface area contributed by atoms with E-state index in [0.717, 1.165) is 18.7 Å². The van der Waals surface area contributed by atoms with Gasteiger partial charge in [0.1, 0.15) is 17.8 Å². The fourth-order valence-electron chi connectivity index (χ4n) is 2.01. The van der Waals surface area contributed by atoms with E-state index in [1.54, 1.807) is 31.6 Å². The fourth-order valence-corrected chi connectivity index (χ4v) is 2.01. The van der Waals surface area contributed by atoms with E-state index in [1.807, 2.05) is 13.8 Å². The van der Waals surface area contributed by atoms with Crippen LogP contribution in [0, 0.1) is 6.92 Å². The lowest BCUT2D eigenvalue weighted by Crippen LogP contribution is -2.38. The largest absolute Gasteiger partial charge is 0.444 e. The van der Waals surface area contributed by atoms with Crippen LogP contribution in [0.25, 0.3) is 0 Å². The summed E-state index contributed by atoms with van der Waals surface area (Å²) in [6, 6.07) is 0.